The third-order valence-electron chi connectivity index (χ3n) is 3.99. The molecule has 0 aliphatic carbocycles. The molecule has 1 N–H and O–H groups in total. The van der Waals surface area contributed by atoms with E-state index in [1.54, 1.807) is 48.5 Å². The van der Waals surface area contributed by atoms with Crippen molar-refractivity contribution in [2.45, 2.75) is 6.54 Å². The van der Waals surface area contributed by atoms with E-state index in [4.69, 9.17) is 4.42 Å². The Morgan fingerprint density at radius 1 is 1.07 bits per heavy atom. The minimum atomic E-state index is -0.594. The first-order valence-corrected chi connectivity index (χ1v) is 8.00. The van der Waals surface area contributed by atoms with Crippen molar-refractivity contribution >= 4 is 22.7 Å². The second-order valence-electron chi connectivity index (χ2n) is 5.81. The molecule has 2 aromatic carbocycles. The van der Waals surface area contributed by atoms with Crippen LogP contribution in [0.2, 0.25) is 0 Å². The average Bonchev–Trinajstić information content (AvgIpc) is 3.16. The van der Waals surface area contributed by atoms with Crippen molar-refractivity contribution < 1.29 is 9.21 Å². The number of para-hydroxylation sites is 2. The number of nitrogens with one attached hydrogen (secondary N) is 1. The summed E-state index contributed by atoms with van der Waals surface area (Å²) in [5.41, 5.74) is 1.63. The molecule has 0 unspecified atom stereocenters. The van der Waals surface area contributed by atoms with E-state index in [2.05, 4.69) is 15.7 Å². The molecule has 0 aliphatic rings. The van der Waals surface area contributed by atoms with Crippen molar-refractivity contribution in [3.63, 3.8) is 0 Å². The van der Waals surface area contributed by atoms with Gasteiger partial charge in [0.1, 0.15) is 6.54 Å². The number of carbonyl (C=O) groups is 1. The number of aromatic nitrogens is 5. The van der Waals surface area contributed by atoms with Crippen molar-refractivity contribution in [3.05, 3.63) is 69.6 Å². The Morgan fingerprint density at radius 2 is 1.81 bits per heavy atom. The number of benzene rings is 2. The van der Waals surface area contributed by atoms with Gasteiger partial charge in [0, 0.05) is 12.7 Å². The second-order valence-corrected chi connectivity index (χ2v) is 5.81. The maximum absolute atomic E-state index is 12.3. The van der Waals surface area contributed by atoms with Gasteiger partial charge >= 0.3 is 11.4 Å². The molecule has 0 fully saturated rings. The van der Waals surface area contributed by atoms with Gasteiger partial charge in [0.05, 0.1) is 11.2 Å². The van der Waals surface area contributed by atoms with Crippen LogP contribution in [0, 0.1) is 0 Å². The molecule has 4 rings (SSSR count). The molecule has 4 aromatic rings. The van der Waals surface area contributed by atoms with E-state index >= 15 is 0 Å². The van der Waals surface area contributed by atoms with Crippen LogP contribution in [0.3, 0.4) is 0 Å². The van der Waals surface area contributed by atoms with E-state index < -0.39 is 5.76 Å². The molecule has 27 heavy (non-hydrogen) atoms. The Labute approximate surface area is 151 Å². The number of aryl methyl sites for hydroxylation is 1. The van der Waals surface area contributed by atoms with Crippen LogP contribution < -0.4 is 16.8 Å². The molecule has 10 nitrogen and oxygen atoms in total. The van der Waals surface area contributed by atoms with Crippen LogP contribution in [0.4, 0.5) is 5.69 Å². The summed E-state index contributed by atoms with van der Waals surface area (Å²) in [5, 5.41) is 10.1. The van der Waals surface area contributed by atoms with Gasteiger partial charge in [-0.2, -0.15) is 9.36 Å². The number of amides is 1. The fourth-order valence-electron chi connectivity index (χ4n) is 2.67. The Balaban J connectivity index is 1.51. The molecular weight excluding hydrogens is 352 g/mol. The Morgan fingerprint density at radius 3 is 2.52 bits per heavy atom. The SMILES string of the molecule is Cn1nnn(-c2ccc(NC(=O)Cn3c(=O)oc4ccccc43)cc2)c1=O. The number of carbonyl (C=O) groups excluding carboxylic acids is 1. The van der Waals surface area contributed by atoms with Gasteiger partial charge in [0.2, 0.25) is 5.91 Å². The van der Waals surface area contributed by atoms with Crippen molar-refractivity contribution in [2.24, 2.45) is 7.05 Å². The van der Waals surface area contributed by atoms with Gasteiger partial charge in [-0.25, -0.2) is 9.59 Å². The largest absolute Gasteiger partial charge is 0.420 e. The van der Waals surface area contributed by atoms with E-state index in [0.29, 0.717) is 22.5 Å². The summed E-state index contributed by atoms with van der Waals surface area (Å²) in [4.78, 5) is 36.1. The zero-order valence-corrected chi connectivity index (χ0v) is 14.2. The first-order chi connectivity index (χ1) is 13.0. The summed E-state index contributed by atoms with van der Waals surface area (Å²) in [6.45, 7) is -0.179. The number of fused-ring (bicyclic) bond motifs is 1. The fourth-order valence-corrected chi connectivity index (χ4v) is 2.67. The zero-order chi connectivity index (χ0) is 19.0. The molecule has 0 saturated heterocycles. The molecule has 0 aliphatic heterocycles. The van der Waals surface area contributed by atoms with E-state index in [1.807, 2.05) is 0 Å². The molecule has 0 radical (unpaired) electrons. The van der Waals surface area contributed by atoms with Gasteiger partial charge in [-0.05, 0) is 46.8 Å². The molecule has 0 atom stereocenters. The third kappa shape index (κ3) is 3.03. The summed E-state index contributed by atoms with van der Waals surface area (Å²) >= 11 is 0. The molecule has 0 bridgehead atoms. The fraction of sp³-hybridized carbons (Fsp3) is 0.118. The molecule has 2 heterocycles. The van der Waals surface area contributed by atoms with Crippen LogP contribution in [0.15, 0.2) is 62.5 Å². The highest BCUT2D eigenvalue weighted by molar-refractivity contribution is 5.91. The van der Waals surface area contributed by atoms with Crippen LogP contribution in [0.5, 0.6) is 0 Å². The number of anilines is 1. The number of nitrogens with zero attached hydrogens (tertiary/aromatic N) is 5. The lowest BCUT2D eigenvalue weighted by Gasteiger charge is -2.06. The van der Waals surface area contributed by atoms with E-state index in [-0.39, 0.29) is 18.1 Å². The lowest BCUT2D eigenvalue weighted by molar-refractivity contribution is -0.116. The van der Waals surface area contributed by atoms with Gasteiger partial charge in [0.25, 0.3) is 0 Å². The monoisotopic (exact) mass is 366 g/mol. The molecule has 10 heteroatoms. The highest BCUT2D eigenvalue weighted by Gasteiger charge is 2.13. The lowest BCUT2D eigenvalue weighted by Crippen LogP contribution is -2.25. The maximum atomic E-state index is 12.3. The summed E-state index contributed by atoms with van der Waals surface area (Å²) in [6, 6.07) is 13.4. The van der Waals surface area contributed by atoms with E-state index in [9.17, 15) is 14.4 Å². The standard InChI is InChI=1S/C17H14N6O4/c1-21-16(25)23(20-19-21)12-8-6-11(7-9-12)18-15(24)10-22-13-4-2-3-5-14(13)27-17(22)26/h2-9H,10H2,1H3,(H,18,24). The van der Waals surface area contributed by atoms with Gasteiger partial charge < -0.3 is 9.73 Å². The molecule has 136 valence electrons. The third-order valence-corrected chi connectivity index (χ3v) is 3.99. The quantitative estimate of drug-likeness (QED) is 0.562. The molecule has 1 amide bonds. The minimum Gasteiger partial charge on any atom is -0.408 e. The van der Waals surface area contributed by atoms with Crippen molar-refractivity contribution in [1.82, 2.24) is 24.4 Å². The van der Waals surface area contributed by atoms with Gasteiger partial charge in [-0.15, -0.1) is 0 Å². The Kier molecular flexibility index (Phi) is 3.92. The topological polar surface area (TPSA) is 117 Å². The zero-order valence-electron chi connectivity index (χ0n) is 14.2. The predicted molar refractivity (Wildman–Crippen MR) is 95.7 cm³/mol. The van der Waals surface area contributed by atoms with Crippen LogP contribution in [-0.2, 0) is 18.4 Å². The number of hydrogen-bond acceptors (Lipinski definition) is 6. The van der Waals surface area contributed by atoms with Crippen LogP contribution in [0.1, 0.15) is 0 Å². The Hall–Kier alpha value is -3.95. The van der Waals surface area contributed by atoms with Gasteiger partial charge in [-0.3, -0.25) is 9.36 Å². The van der Waals surface area contributed by atoms with Crippen LogP contribution >= 0.6 is 0 Å². The molecule has 2 aromatic heterocycles. The molecular formula is C17H14N6O4. The first kappa shape index (κ1) is 16.5. The minimum absolute atomic E-state index is 0.179. The summed E-state index contributed by atoms with van der Waals surface area (Å²) in [7, 11) is 1.50. The van der Waals surface area contributed by atoms with E-state index in [1.165, 1.54) is 11.6 Å². The van der Waals surface area contributed by atoms with Crippen molar-refractivity contribution in [1.29, 1.82) is 0 Å². The second kappa shape index (κ2) is 6.41. The van der Waals surface area contributed by atoms with Gasteiger partial charge in [0.15, 0.2) is 5.58 Å². The van der Waals surface area contributed by atoms with Gasteiger partial charge in [-0.1, -0.05) is 12.1 Å². The number of hydrogen-bond donors (Lipinski definition) is 1. The number of oxazole rings is 1. The van der Waals surface area contributed by atoms with Crippen LogP contribution in [-0.4, -0.2) is 30.3 Å². The Bertz CT molecular complexity index is 1240. The average molecular weight is 366 g/mol. The summed E-state index contributed by atoms with van der Waals surface area (Å²) < 4.78 is 8.63. The smallest absolute Gasteiger partial charge is 0.408 e. The van der Waals surface area contributed by atoms with E-state index in [0.717, 1.165) is 9.36 Å². The number of tetrazole rings is 1. The normalized spacial score (nSPS) is 11.0. The highest BCUT2D eigenvalue weighted by Crippen LogP contribution is 2.13. The molecule has 0 spiro atoms. The highest BCUT2D eigenvalue weighted by atomic mass is 16.4. The van der Waals surface area contributed by atoms with Crippen molar-refractivity contribution in [3.8, 4) is 5.69 Å². The first-order valence-electron chi connectivity index (χ1n) is 8.00. The summed E-state index contributed by atoms with van der Waals surface area (Å²) in [5.74, 6) is -0.975. The molecule has 0 saturated carbocycles. The van der Waals surface area contributed by atoms with Crippen LogP contribution in [0.25, 0.3) is 16.8 Å². The predicted octanol–water partition coefficient (Wildman–Crippen LogP) is 0.513. The maximum Gasteiger partial charge on any atom is 0.420 e. The van der Waals surface area contributed by atoms with Crippen molar-refractivity contribution in [2.75, 3.05) is 5.32 Å². The number of rotatable bonds is 4. The summed E-state index contributed by atoms with van der Waals surface area (Å²) in [6.07, 6.45) is 0. The lowest BCUT2D eigenvalue weighted by atomic mass is 10.3.